The molecular formula is C16H15ClF3N. The molecule has 0 saturated heterocycles. The van der Waals surface area contributed by atoms with Crippen molar-refractivity contribution in [1.82, 2.24) is 5.32 Å². The van der Waals surface area contributed by atoms with Gasteiger partial charge in [0.1, 0.15) is 0 Å². The number of halogens is 4. The van der Waals surface area contributed by atoms with Crippen molar-refractivity contribution >= 4 is 11.6 Å². The highest BCUT2D eigenvalue weighted by Crippen LogP contribution is 2.29. The van der Waals surface area contributed by atoms with Crippen molar-refractivity contribution in [2.24, 2.45) is 0 Å². The van der Waals surface area contributed by atoms with E-state index in [9.17, 15) is 13.2 Å². The summed E-state index contributed by atoms with van der Waals surface area (Å²) in [5, 5.41) is 3.25. The maximum Gasteiger partial charge on any atom is 0.416 e. The summed E-state index contributed by atoms with van der Waals surface area (Å²) in [6.45, 7) is 0.463. The third-order valence-electron chi connectivity index (χ3n) is 3.19. The molecule has 0 spiro atoms. The highest BCUT2D eigenvalue weighted by atomic mass is 35.5. The Bertz CT molecular complexity index is 552. The third-order valence-corrected chi connectivity index (χ3v) is 3.50. The summed E-state index contributed by atoms with van der Waals surface area (Å²) >= 11 is 5.94. The number of hydrogen-bond acceptors (Lipinski definition) is 1. The van der Waals surface area contributed by atoms with E-state index < -0.39 is 11.7 Å². The van der Waals surface area contributed by atoms with Gasteiger partial charge in [-0.2, -0.15) is 13.2 Å². The van der Waals surface area contributed by atoms with E-state index >= 15 is 0 Å². The Morgan fingerprint density at radius 3 is 2.10 bits per heavy atom. The van der Waals surface area contributed by atoms with Crippen LogP contribution in [0.15, 0.2) is 54.6 Å². The lowest BCUT2D eigenvalue weighted by Crippen LogP contribution is -2.22. The smallest absolute Gasteiger partial charge is 0.305 e. The summed E-state index contributed by atoms with van der Waals surface area (Å²) in [5.74, 6) is 0.394. The average Bonchev–Trinajstić information content (AvgIpc) is 2.48. The fourth-order valence-corrected chi connectivity index (χ4v) is 2.29. The van der Waals surface area contributed by atoms with Crippen LogP contribution in [-0.4, -0.2) is 5.88 Å². The first-order valence-corrected chi connectivity index (χ1v) is 7.04. The van der Waals surface area contributed by atoms with E-state index in [1.165, 1.54) is 12.1 Å². The van der Waals surface area contributed by atoms with E-state index in [-0.39, 0.29) is 6.04 Å². The summed E-state index contributed by atoms with van der Waals surface area (Å²) in [4.78, 5) is 0. The SMILES string of the molecule is FC(F)(F)c1ccc(CNC(CCl)c2ccccc2)cc1. The summed E-state index contributed by atoms with van der Waals surface area (Å²) in [7, 11) is 0. The second-order valence-corrected chi connectivity index (χ2v) is 5.00. The zero-order valence-electron chi connectivity index (χ0n) is 11.2. The van der Waals surface area contributed by atoms with Gasteiger partial charge in [-0.05, 0) is 23.3 Å². The van der Waals surface area contributed by atoms with Crippen molar-refractivity contribution in [3.05, 3.63) is 71.3 Å². The fourth-order valence-electron chi connectivity index (χ4n) is 2.00. The molecule has 21 heavy (non-hydrogen) atoms. The first-order chi connectivity index (χ1) is 10.0. The first-order valence-electron chi connectivity index (χ1n) is 6.51. The van der Waals surface area contributed by atoms with Gasteiger partial charge in [0.2, 0.25) is 0 Å². The van der Waals surface area contributed by atoms with Crippen molar-refractivity contribution in [3.63, 3.8) is 0 Å². The molecule has 2 aromatic rings. The van der Waals surface area contributed by atoms with E-state index in [0.717, 1.165) is 23.3 Å². The topological polar surface area (TPSA) is 12.0 Å². The standard InChI is InChI=1S/C16H15ClF3N/c17-10-15(13-4-2-1-3-5-13)21-11-12-6-8-14(9-7-12)16(18,19)20/h1-9,15,21H,10-11H2. The van der Waals surface area contributed by atoms with Crippen LogP contribution in [-0.2, 0) is 12.7 Å². The molecular weight excluding hydrogens is 299 g/mol. The lowest BCUT2D eigenvalue weighted by atomic mass is 10.1. The van der Waals surface area contributed by atoms with Gasteiger partial charge in [-0.1, -0.05) is 42.5 Å². The molecule has 0 amide bonds. The summed E-state index contributed by atoms with van der Waals surface area (Å²) < 4.78 is 37.4. The zero-order valence-corrected chi connectivity index (χ0v) is 12.0. The number of hydrogen-bond donors (Lipinski definition) is 1. The second kappa shape index (κ2) is 6.96. The predicted octanol–water partition coefficient (Wildman–Crippen LogP) is 4.78. The Morgan fingerprint density at radius 1 is 0.952 bits per heavy atom. The first kappa shape index (κ1) is 15.9. The van der Waals surface area contributed by atoms with E-state index in [1.807, 2.05) is 30.3 Å². The molecule has 0 saturated carbocycles. The van der Waals surface area contributed by atoms with Gasteiger partial charge in [0, 0.05) is 18.5 Å². The summed E-state index contributed by atoms with van der Waals surface area (Å²) in [6, 6.07) is 14.8. The maximum atomic E-state index is 12.5. The van der Waals surface area contributed by atoms with Crippen LogP contribution < -0.4 is 5.32 Å². The van der Waals surface area contributed by atoms with Crippen LogP contribution in [0.2, 0.25) is 0 Å². The lowest BCUT2D eigenvalue weighted by molar-refractivity contribution is -0.137. The van der Waals surface area contributed by atoms with Crippen molar-refractivity contribution in [1.29, 1.82) is 0 Å². The van der Waals surface area contributed by atoms with Crippen molar-refractivity contribution in [2.75, 3.05) is 5.88 Å². The largest absolute Gasteiger partial charge is 0.416 e. The predicted molar refractivity (Wildman–Crippen MR) is 78.2 cm³/mol. The zero-order chi connectivity index (χ0) is 15.3. The van der Waals surface area contributed by atoms with E-state index in [1.54, 1.807) is 0 Å². The number of alkyl halides is 4. The Hall–Kier alpha value is -1.52. The molecule has 2 rings (SSSR count). The van der Waals surface area contributed by atoms with Gasteiger partial charge < -0.3 is 5.32 Å². The van der Waals surface area contributed by atoms with Crippen LogP contribution in [0.4, 0.5) is 13.2 Å². The molecule has 2 aromatic carbocycles. The van der Waals surface area contributed by atoms with E-state index in [0.29, 0.717) is 12.4 Å². The molecule has 112 valence electrons. The molecule has 1 unspecified atom stereocenters. The van der Waals surface area contributed by atoms with E-state index in [2.05, 4.69) is 5.32 Å². The van der Waals surface area contributed by atoms with Gasteiger partial charge in [0.25, 0.3) is 0 Å². The molecule has 0 aromatic heterocycles. The Kier molecular flexibility index (Phi) is 5.26. The highest BCUT2D eigenvalue weighted by Gasteiger charge is 2.29. The third kappa shape index (κ3) is 4.48. The monoisotopic (exact) mass is 313 g/mol. The molecule has 0 aliphatic carbocycles. The molecule has 1 atom stereocenters. The molecule has 1 N–H and O–H groups in total. The van der Waals surface area contributed by atoms with Crippen LogP contribution in [0.3, 0.4) is 0 Å². The van der Waals surface area contributed by atoms with Crippen molar-refractivity contribution < 1.29 is 13.2 Å². The molecule has 0 aliphatic heterocycles. The van der Waals surface area contributed by atoms with Gasteiger partial charge in [0.15, 0.2) is 0 Å². The minimum Gasteiger partial charge on any atom is -0.305 e. The van der Waals surface area contributed by atoms with Crippen LogP contribution in [0, 0.1) is 0 Å². The van der Waals surface area contributed by atoms with E-state index in [4.69, 9.17) is 11.6 Å². The van der Waals surface area contributed by atoms with Gasteiger partial charge >= 0.3 is 6.18 Å². The van der Waals surface area contributed by atoms with Gasteiger partial charge in [-0.3, -0.25) is 0 Å². The normalized spacial score (nSPS) is 13.1. The van der Waals surface area contributed by atoms with Crippen LogP contribution in [0.5, 0.6) is 0 Å². The summed E-state index contributed by atoms with van der Waals surface area (Å²) in [5.41, 5.74) is 1.21. The quantitative estimate of drug-likeness (QED) is 0.784. The van der Waals surface area contributed by atoms with Crippen LogP contribution >= 0.6 is 11.6 Å². The van der Waals surface area contributed by atoms with Crippen molar-refractivity contribution in [3.8, 4) is 0 Å². The molecule has 1 nitrogen and oxygen atoms in total. The summed E-state index contributed by atoms with van der Waals surface area (Å²) in [6.07, 6.45) is -4.30. The molecule has 0 aliphatic rings. The average molecular weight is 314 g/mol. The number of rotatable bonds is 5. The Morgan fingerprint density at radius 2 is 1.57 bits per heavy atom. The molecule has 0 fully saturated rings. The number of nitrogens with one attached hydrogen (secondary N) is 1. The fraction of sp³-hybridized carbons (Fsp3) is 0.250. The molecule has 0 bridgehead atoms. The highest BCUT2D eigenvalue weighted by molar-refractivity contribution is 6.18. The lowest BCUT2D eigenvalue weighted by Gasteiger charge is -2.17. The Labute approximate surface area is 126 Å². The minimum absolute atomic E-state index is 0.0323. The van der Waals surface area contributed by atoms with Crippen molar-refractivity contribution in [2.45, 2.75) is 18.8 Å². The van der Waals surface area contributed by atoms with Gasteiger partial charge in [-0.15, -0.1) is 11.6 Å². The molecule has 5 heteroatoms. The second-order valence-electron chi connectivity index (χ2n) is 4.69. The minimum atomic E-state index is -4.30. The van der Waals surface area contributed by atoms with Gasteiger partial charge in [0.05, 0.1) is 5.56 Å². The Balaban J connectivity index is 1.99. The van der Waals surface area contributed by atoms with Crippen LogP contribution in [0.1, 0.15) is 22.7 Å². The van der Waals surface area contributed by atoms with Crippen LogP contribution in [0.25, 0.3) is 0 Å². The molecule has 0 heterocycles. The maximum absolute atomic E-state index is 12.5. The van der Waals surface area contributed by atoms with Gasteiger partial charge in [-0.25, -0.2) is 0 Å². The number of benzene rings is 2. The molecule has 0 radical (unpaired) electrons.